The van der Waals surface area contributed by atoms with E-state index in [0.29, 0.717) is 5.56 Å². The molecule has 1 amide bonds. The summed E-state index contributed by atoms with van der Waals surface area (Å²) >= 11 is 0. The van der Waals surface area contributed by atoms with Crippen LogP contribution in [0.2, 0.25) is 0 Å². The van der Waals surface area contributed by atoms with Gasteiger partial charge in [0.25, 0.3) is 5.69 Å². The number of nitro benzene ring substituents is 1. The first-order valence-electron chi connectivity index (χ1n) is 8.99. The Hall–Kier alpha value is -4.00. The monoisotopic (exact) mass is 387 g/mol. The number of amides is 1. The second kappa shape index (κ2) is 7.55. The number of carbonyl (C=O) groups excluding carboxylic acids is 1. The number of nitrogens with zero attached hydrogens (tertiary/aromatic N) is 3. The van der Waals surface area contributed by atoms with Gasteiger partial charge >= 0.3 is 0 Å². The first kappa shape index (κ1) is 18.4. The number of hydrogen-bond donors (Lipinski definition) is 0. The summed E-state index contributed by atoms with van der Waals surface area (Å²) in [6.45, 7) is 1.34. The quantitative estimate of drug-likeness (QED) is 0.487. The minimum Gasteiger partial charge on any atom is -0.445 e. The van der Waals surface area contributed by atoms with E-state index < -0.39 is 11.2 Å². The molecule has 1 aliphatic heterocycles. The van der Waals surface area contributed by atoms with Gasteiger partial charge < -0.3 is 4.74 Å². The molecule has 3 aromatic rings. The van der Waals surface area contributed by atoms with Gasteiger partial charge in [-0.1, -0.05) is 54.6 Å². The predicted molar refractivity (Wildman–Crippen MR) is 108 cm³/mol. The van der Waals surface area contributed by atoms with Gasteiger partial charge in [0.05, 0.1) is 10.5 Å². The molecule has 3 aromatic carbocycles. The lowest BCUT2D eigenvalue weighted by Crippen LogP contribution is -2.25. The first-order chi connectivity index (χ1) is 14.0. The summed E-state index contributed by atoms with van der Waals surface area (Å²) in [5, 5.41) is 16.8. The Labute approximate surface area is 167 Å². The molecule has 7 heteroatoms. The van der Waals surface area contributed by atoms with Gasteiger partial charge in [-0.05, 0) is 29.3 Å². The van der Waals surface area contributed by atoms with E-state index in [0.717, 1.165) is 16.1 Å². The van der Waals surface area contributed by atoms with Gasteiger partial charge in [-0.3, -0.25) is 14.9 Å². The van der Waals surface area contributed by atoms with Crippen molar-refractivity contribution in [2.75, 3.05) is 0 Å². The first-order valence-corrected chi connectivity index (χ1v) is 8.99. The summed E-state index contributed by atoms with van der Waals surface area (Å²) in [5.74, 6) is -0.132. The molecule has 0 fully saturated rings. The van der Waals surface area contributed by atoms with E-state index >= 15 is 0 Å². The highest BCUT2D eigenvalue weighted by molar-refractivity contribution is 5.96. The van der Waals surface area contributed by atoms with E-state index in [4.69, 9.17) is 4.74 Å². The molecule has 0 saturated heterocycles. The van der Waals surface area contributed by atoms with Crippen LogP contribution in [0, 0.1) is 10.1 Å². The molecule has 0 saturated carbocycles. The average Bonchev–Trinajstić information content (AvgIpc) is 3.20. The number of hydrogen-bond acceptors (Lipinski definition) is 5. The number of hydrazone groups is 1. The summed E-state index contributed by atoms with van der Waals surface area (Å²) in [7, 11) is 0. The molecule has 0 spiro atoms. The highest BCUT2D eigenvalue weighted by atomic mass is 16.6. The fourth-order valence-electron chi connectivity index (χ4n) is 3.18. The second-order valence-electron chi connectivity index (χ2n) is 6.50. The average molecular weight is 387 g/mol. The number of ether oxygens (including phenoxy) is 1. The lowest BCUT2D eigenvalue weighted by atomic mass is 10.0. The van der Waals surface area contributed by atoms with Gasteiger partial charge in [0.2, 0.25) is 18.0 Å². The van der Waals surface area contributed by atoms with Crippen LogP contribution < -0.4 is 0 Å². The van der Waals surface area contributed by atoms with Crippen LogP contribution >= 0.6 is 0 Å². The number of benzene rings is 3. The molecule has 144 valence electrons. The van der Waals surface area contributed by atoms with Gasteiger partial charge in [0.1, 0.15) is 0 Å². The molecule has 7 nitrogen and oxygen atoms in total. The molecule has 1 unspecified atom stereocenters. The van der Waals surface area contributed by atoms with Crippen LogP contribution in [0.3, 0.4) is 0 Å². The number of rotatable bonds is 4. The standard InChI is InChI=1S/C22H17N3O4/c1-15(26)24-22(19-9-5-6-10-20(19)25(27)28)29-21(23-24)18-13-11-17(12-14-18)16-7-3-2-4-8-16/h2-14,22H,1H3. The third kappa shape index (κ3) is 3.58. The van der Waals surface area contributed by atoms with Crippen molar-refractivity contribution in [1.29, 1.82) is 0 Å². The van der Waals surface area contributed by atoms with Crippen LogP contribution in [0.4, 0.5) is 5.69 Å². The fourth-order valence-corrected chi connectivity index (χ4v) is 3.18. The van der Waals surface area contributed by atoms with Crippen LogP contribution in [0.1, 0.15) is 24.3 Å². The summed E-state index contributed by atoms with van der Waals surface area (Å²) in [6.07, 6.45) is -0.988. The van der Waals surface area contributed by atoms with Crippen LogP contribution in [0.15, 0.2) is 84.0 Å². The number of nitro groups is 1. The molecular formula is C22H17N3O4. The minimum atomic E-state index is -0.988. The maximum absolute atomic E-state index is 12.1. The van der Waals surface area contributed by atoms with E-state index in [1.54, 1.807) is 18.2 Å². The van der Waals surface area contributed by atoms with Gasteiger partial charge in [-0.25, -0.2) is 0 Å². The number of para-hydroxylation sites is 1. The van der Waals surface area contributed by atoms with Gasteiger partial charge in [0, 0.05) is 18.6 Å². The van der Waals surface area contributed by atoms with Crippen LogP contribution in [0.25, 0.3) is 11.1 Å². The van der Waals surface area contributed by atoms with Crippen molar-refractivity contribution in [3.05, 3.63) is 100 Å². The predicted octanol–water partition coefficient (Wildman–Crippen LogP) is 4.50. The molecule has 1 heterocycles. The van der Waals surface area contributed by atoms with E-state index in [1.165, 1.54) is 13.0 Å². The summed E-state index contributed by atoms with van der Waals surface area (Å²) in [4.78, 5) is 23.0. The van der Waals surface area contributed by atoms with Crippen molar-refractivity contribution in [3.63, 3.8) is 0 Å². The van der Waals surface area contributed by atoms with Crippen molar-refractivity contribution in [2.45, 2.75) is 13.2 Å². The largest absolute Gasteiger partial charge is 0.445 e. The Balaban J connectivity index is 1.65. The summed E-state index contributed by atoms with van der Waals surface area (Å²) in [6, 6.07) is 23.7. The minimum absolute atomic E-state index is 0.125. The Morgan fingerprint density at radius 1 is 0.931 bits per heavy atom. The van der Waals surface area contributed by atoms with Crippen LogP contribution in [-0.4, -0.2) is 21.7 Å². The molecule has 4 rings (SSSR count). The SMILES string of the molecule is CC(=O)N1N=C(c2ccc(-c3ccccc3)cc2)OC1c1ccccc1[N+](=O)[O-]. The van der Waals surface area contributed by atoms with Gasteiger partial charge in [-0.2, -0.15) is 5.01 Å². The molecule has 0 radical (unpaired) electrons. The molecule has 0 bridgehead atoms. The van der Waals surface area contributed by atoms with Gasteiger partial charge in [0.15, 0.2) is 0 Å². The van der Waals surface area contributed by atoms with Crippen molar-refractivity contribution in [3.8, 4) is 11.1 Å². The highest BCUT2D eigenvalue weighted by Crippen LogP contribution is 2.35. The van der Waals surface area contributed by atoms with E-state index in [9.17, 15) is 14.9 Å². The molecule has 0 aliphatic carbocycles. The molecule has 1 aliphatic rings. The maximum atomic E-state index is 12.1. The van der Waals surface area contributed by atoms with E-state index in [1.807, 2.05) is 54.6 Å². The van der Waals surface area contributed by atoms with Crippen molar-refractivity contribution >= 4 is 17.5 Å². The van der Waals surface area contributed by atoms with E-state index in [-0.39, 0.29) is 23.1 Å². The summed E-state index contributed by atoms with van der Waals surface area (Å²) < 4.78 is 5.89. The third-order valence-electron chi connectivity index (χ3n) is 4.61. The Kier molecular flexibility index (Phi) is 4.78. The fraction of sp³-hybridized carbons (Fsp3) is 0.0909. The zero-order valence-corrected chi connectivity index (χ0v) is 15.6. The van der Waals surface area contributed by atoms with Crippen molar-refractivity contribution < 1.29 is 14.5 Å². The second-order valence-corrected chi connectivity index (χ2v) is 6.50. The Morgan fingerprint density at radius 3 is 2.17 bits per heavy atom. The van der Waals surface area contributed by atoms with Crippen LogP contribution in [-0.2, 0) is 9.53 Å². The molecule has 0 N–H and O–H groups in total. The lowest BCUT2D eigenvalue weighted by molar-refractivity contribution is -0.386. The molecular weight excluding hydrogens is 370 g/mol. The van der Waals surface area contributed by atoms with Crippen molar-refractivity contribution in [1.82, 2.24) is 5.01 Å². The maximum Gasteiger partial charge on any atom is 0.278 e. The molecule has 29 heavy (non-hydrogen) atoms. The summed E-state index contributed by atoms with van der Waals surface area (Å²) in [5.41, 5.74) is 2.94. The third-order valence-corrected chi connectivity index (χ3v) is 4.61. The number of carbonyl (C=O) groups is 1. The zero-order valence-electron chi connectivity index (χ0n) is 15.6. The lowest BCUT2D eigenvalue weighted by Gasteiger charge is -2.19. The van der Waals surface area contributed by atoms with Crippen molar-refractivity contribution in [2.24, 2.45) is 5.10 Å². The molecule has 0 aromatic heterocycles. The molecule has 1 atom stereocenters. The smallest absolute Gasteiger partial charge is 0.278 e. The topological polar surface area (TPSA) is 85.0 Å². The Morgan fingerprint density at radius 2 is 1.52 bits per heavy atom. The van der Waals surface area contributed by atoms with Gasteiger partial charge in [-0.15, -0.1) is 5.10 Å². The normalized spacial score (nSPS) is 15.6. The highest BCUT2D eigenvalue weighted by Gasteiger charge is 2.37. The zero-order chi connectivity index (χ0) is 20.4. The van der Waals surface area contributed by atoms with E-state index in [2.05, 4.69) is 5.10 Å². The Bertz CT molecular complexity index is 1090. The van der Waals surface area contributed by atoms with Crippen LogP contribution in [0.5, 0.6) is 0 Å².